The van der Waals surface area contributed by atoms with Gasteiger partial charge < -0.3 is 29.2 Å². The van der Waals surface area contributed by atoms with Crippen molar-refractivity contribution in [2.75, 3.05) is 0 Å². The SMILES string of the molecule is O=C([O-])c1nc2cc3oc(C(=O)[O-])cc(=O)c3cc2c(=O)[nH]1.[Na+].[Na+]. The summed E-state index contributed by atoms with van der Waals surface area (Å²) in [6.45, 7) is 0. The Bertz CT molecular complexity index is 1000. The average molecular weight is 346 g/mol. The summed E-state index contributed by atoms with van der Waals surface area (Å²) >= 11 is 0. The van der Waals surface area contributed by atoms with Crippen LogP contribution in [0, 0.1) is 0 Å². The summed E-state index contributed by atoms with van der Waals surface area (Å²) in [5, 5.41) is 21.4. The largest absolute Gasteiger partial charge is 1.00 e. The average Bonchev–Trinajstić information content (AvgIpc) is 2.45. The van der Waals surface area contributed by atoms with Gasteiger partial charge in [0.1, 0.15) is 17.5 Å². The van der Waals surface area contributed by atoms with Crippen LogP contribution in [0.25, 0.3) is 21.9 Å². The van der Waals surface area contributed by atoms with Gasteiger partial charge in [0.15, 0.2) is 17.0 Å². The summed E-state index contributed by atoms with van der Waals surface area (Å²) in [7, 11) is 0. The van der Waals surface area contributed by atoms with Crippen LogP contribution in [0.1, 0.15) is 21.2 Å². The zero-order valence-electron chi connectivity index (χ0n) is 12.5. The fourth-order valence-electron chi connectivity index (χ4n) is 1.99. The van der Waals surface area contributed by atoms with E-state index in [9.17, 15) is 29.4 Å². The standard InChI is InChI=1S/C13H6N2O7.2Na/c16-7-3-9(12(18)19)22-8-2-6-4(1-5(7)8)11(17)15-10(14-6)13(20)21;;/h1-3H,(H,18,19)(H,20,21)(H,14,15,17);;/q;2*+1/p-2. The molecule has 0 spiro atoms. The number of carboxylic acids is 2. The Morgan fingerprint density at radius 1 is 1.00 bits per heavy atom. The number of hydrogen-bond acceptors (Lipinski definition) is 8. The smallest absolute Gasteiger partial charge is 0.542 e. The first-order valence-electron chi connectivity index (χ1n) is 5.81. The fourth-order valence-corrected chi connectivity index (χ4v) is 1.99. The number of nitrogens with one attached hydrogen (secondary N) is 1. The van der Waals surface area contributed by atoms with Gasteiger partial charge in [-0.15, -0.1) is 0 Å². The molecular formula is C13H4N2Na2O7. The van der Waals surface area contributed by atoms with Crippen molar-refractivity contribution >= 4 is 33.8 Å². The summed E-state index contributed by atoms with van der Waals surface area (Å²) in [4.78, 5) is 50.8. The summed E-state index contributed by atoms with van der Waals surface area (Å²) < 4.78 is 4.98. The maximum absolute atomic E-state index is 11.8. The van der Waals surface area contributed by atoms with E-state index in [0.717, 1.165) is 18.2 Å². The Labute approximate surface area is 176 Å². The van der Waals surface area contributed by atoms with E-state index >= 15 is 0 Å². The van der Waals surface area contributed by atoms with Crippen LogP contribution in [0.2, 0.25) is 0 Å². The third-order valence-corrected chi connectivity index (χ3v) is 2.95. The Balaban J connectivity index is 0.00000144. The van der Waals surface area contributed by atoms with E-state index in [2.05, 4.69) is 4.98 Å². The van der Waals surface area contributed by atoms with Crippen molar-refractivity contribution in [2.24, 2.45) is 0 Å². The van der Waals surface area contributed by atoms with Crippen LogP contribution in [0.4, 0.5) is 0 Å². The molecular weight excluding hydrogens is 342 g/mol. The molecule has 0 fully saturated rings. The van der Waals surface area contributed by atoms with Crippen LogP contribution in [-0.2, 0) is 0 Å². The Morgan fingerprint density at radius 3 is 2.25 bits per heavy atom. The molecule has 3 rings (SSSR count). The van der Waals surface area contributed by atoms with Gasteiger partial charge in [-0.3, -0.25) is 9.59 Å². The predicted octanol–water partition coefficient (Wildman–Crippen LogP) is -8.24. The molecule has 0 atom stereocenters. The van der Waals surface area contributed by atoms with E-state index in [4.69, 9.17) is 4.42 Å². The summed E-state index contributed by atoms with van der Waals surface area (Å²) in [5.41, 5.74) is -1.73. The minimum Gasteiger partial charge on any atom is -0.542 e. The van der Waals surface area contributed by atoms with E-state index in [1.807, 2.05) is 4.98 Å². The maximum Gasteiger partial charge on any atom is 1.00 e. The fraction of sp³-hybridized carbons (Fsp3) is 0. The minimum absolute atomic E-state index is 0. The number of fused-ring (bicyclic) bond motifs is 2. The Morgan fingerprint density at radius 2 is 1.67 bits per heavy atom. The second-order valence-corrected chi connectivity index (χ2v) is 4.33. The van der Waals surface area contributed by atoms with Gasteiger partial charge in [-0.1, -0.05) is 0 Å². The van der Waals surface area contributed by atoms with Gasteiger partial charge in [0, 0.05) is 12.1 Å². The number of carbonyl (C=O) groups excluding carboxylic acids is 2. The molecule has 0 saturated heterocycles. The van der Waals surface area contributed by atoms with E-state index in [1.165, 1.54) is 0 Å². The quantitative estimate of drug-likeness (QED) is 0.354. The molecule has 0 unspecified atom stereocenters. The molecule has 2 aromatic heterocycles. The van der Waals surface area contributed by atoms with Gasteiger partial charge in [0.2, 0.25) is 0 Å². The van der Waals surface area contributed by atoms with E-state index in [0.29, 0.717) is 0 Å². The second-order valence-electron chi connectivity index (χ2n) is 4.33. The van der Waals surface area contributed by atoms with Gasteiger partial charge in [0.05, 0.1) is 16.3 Å². The van der Waals surface area contributed by atoms with Crippen molar-refractivity contribution in [3.63, 3.8) is 0 Å². The summed E-state index contributed by atoms with van der Waals surface area (Å²) in [5.74, 6) is -4.77. The van der Waals surface area contributed by atoms with E-state index in [1.54, 1.807) is 0 Å². The van der Waals surface area contributed by atoms with Crippen LogP contribution in [0.5, 0.6) is 0 Å². The van der Waals surface area contributed by atoms with Crippen LogP contribution < -0.4 is 80.3 Å². The van der Waals surface area contributed by atoms with Crippen LogP contribution in [0.3, 0.4) is 0 Å². The monoisotopic (exact) mass is 346 g/mol. The van der Waals surface area contributed by atoms with E-state index < -0.39 is 34.5 Å². The molecule has 0 saturated carbocycles. The number of aromatic carboxylic acids is 2. The van der Waals surface area contributed by atoms with Crippen molar-refractivity contribution < 1.29 is 83.3 Å². The number of carbonyl (C=O) groups is 2. The van der Waals surface area contributed by atoms with Gasteiger partial charge >= 0.3 is 59.1 Å². The first-order valence-corrected chi connectivity index (χ1v) is 5.81. The molecule has 3 aromatic rings. The molecule has 1 aromatic carbocycles. The van der Waals surface area contributed by atoms with Gasteiger partial charge in [-0.25, -0.2) is 4.98 Å². The number of nitrogens with zero attached hydrogens (tertiary/aromatic N) is 1. The third kappa shape index (κ3) is 3.61. The second kappa shape index (κ2) is 7.60. The molecule has 0 bridgehead atoms. The molecule has 0 radical (unpaired) electrons. The first-order chi connectivity index (χ1) is 10.4. The molecule has 11 heteroatoms. The van der Waals surface area contributed by atoms with Crippen LogP contribution in [0.15, 0.2) is 32.2 Å². The molecule has 0 amide bonds. The van der Waals surface area contributed by atoms with Crippen molar-refractivity contribution in [1.82, 2.24) is 9.97 Å². The minimum atomic E-state index is -1.69. The Hall–Kier alpha value is -1.49. The molecule has 0 aliphatic rings. The van der Waals surface area contributed by atoms with Crippen molar-refractivity contribution in [2.45, 2.75) is 0 Å². The Kier molecular flexibility index (Phi) is 6.51. The normalized spacial score (nSPS) is 10.0. The molecule has 24 heavy (non-hydrogen) atoms. The van der Waals surface area contributed by atoms with Crippen molar-refractivity contribution in [1.29, 1.82) is 0 Å². The molecule has 0 aliphatic carbocycles. The molecule has 9 nitrogen and oxygen atoms in total. The number of rotatable bonds is 2. The summed E-state index contributed by atoms with van der Waals surface area (Å²) in [6, 6.07) is 2.96. The van der Waals surface area contributed by atoms with Crippen LogP contribution in [-0.4, -0.2) is 21.9 Å². The zero-order valence-corrected chi connectivity index (χ0v) is 16.5. The third-order valence-electron chi connectivity index (χ3n) is 2.95. The van der Waals surface area contributed by atoms with Crippen molar-refractivity contribution in [3.05, 3.63) is 50.4 Å². The van der Waals surface area contributed by atoms with Gasteiger partial charge in [-0.05, 0) is 6.07 Å². The molecule has 0 aliphatic heterocycles. The maximum atomic E-state index is 11.8. The predicted molar refractivity (Wildman–Crippen MR) is 67.1 cm³/mol. The number of aromatic nitrogens is 2. The van der Waals surface area contributed by atoms with Gasteiger partial charge in [0.25, 0.3) is 5.56 Å². The molecule has 2 heterocycles. The van der Waals surface area contributed by atoms with Crippen LogP contribution >= 0.6 is 0 Å². The number of benzene rings is 1. The first kappa shape index (κ1) is 20.6. The summed E-state index contributed by atoms with van der Waals surface area (Å²) in [6.07, 6.45) is 0. The zero-order chi connectivity index (χ0) is 16.0. The van der Waals surface area contributed by atoms with Crippen molar-refractivity contribution in [3.8, 4) is 0 Å². The molecule has 1 N–H and O–H groups in total. The number of aromatic amines is 1. The topological polar surface area (TPSA) is 156 Å². The number of hydrogen-bond donors (Lipinski definition) is 1. The van der Waals surface area contributed by atoms with E-state index in [-0.39, 0.29) is 81.0 Å². The van der Waals surface area contributed by atoms with Gasteiger partial charge in [-0.2, -0.15) is 0 Å². The molecule has 110 valence electrons. The number of H-pyrrole nitrogens is 1. The number of carboxylic acid groups (broad SMARTS) is 2.